The van der Waals surface area contributed by atoms with Gasteiger partial charge in [0, 0.05) is 19.0 Å². The zero-order valence-corrected chi connectivity index (χ0v) is 14.8. The molecule has 5 nitrogen and oxygen atoms in total. The van der Waals surface area contributed by atoms with E-state index in [4.69, 9.17) is 21.1 Å². The number of benzene rings is 1. The van der Waals surface area contributed by atoms with Crippen molar-refractivity contribution in [2.24, 2.45) is 5.92 Å². The van der Waals surface area contributed by atoms with Gasteiger partial charge in [0.2, 0.25) is 0 Å². The quantitative estimate of drug-likeness (QED) is 0.879. The van der Waals surface area contributed by atoms with Gasteiger partial charge in [-0.3, -0.25) is 0 Å². The van der Waals surface area contributed by atoms with Crippen LogP contribution < -0.4 is 0 Å². The highest BCUT2D eigenvalue weighted by molar-refractivity contribution is 6.30. The molecule has 0 aliphatic carbocycles. The average molecular weight is 360 g/mol. The van der Waals surface area contributed by atoms with Crippen molar-refractivity contribution >= 4 is 17.7 Å². The summed E-state index contributed by atoms with van der Waals surface area (Å²) in [5.41, 5.74) is -0.0144. The molecule has 1 heterocycles. The standard InChI is InChI=1S/C17H23ClFNO4/c1-17(2,3)24-16(22)20-6-7-23-15(12(9-20)10-21)11-4-5-13(18)14(19)8-11/h4-5,8,12,15,21H,6-7,9-10H2,1-3H3/t12-,15-/m1/s1. The number of rotatable bonds is 2. The van der Waals surface area contributed by atoms with E-state index in [2.05, 4.69) is 0 Å². The second-order valence-electron chi connectivity index (χ2n) is 6.83. The van der Waals surface area contributed by atoms with Crippen molar-refractivity contribution in [3.63, 3.8) is 0 Å². The predicted molar refractivity (Wildman–Crippen MR) is 88.5 cm³/mol. The third kappa shape index (κ3) is 4.82. The molecule has 0 spiro atoms. The highest BCUT2D eigenvalue weighted by atomic mass is 35.5. The number of nitrogens with zero attached hydrogens (tertiary/aromatic N) is 1. The summed E-state index contributed by atoms with van der Waals surface area (Å²) in [5.74, 6) is -0.928. The number of halogens is 2. The molecule has 2 atom stereocenters. The maximum absolute atomic E-state index is 13.7. The maximum Gasteiger partial charge on any atom is 0.410 e. The third-order valence-corrected chi connectivity index (χ3v) is 4.01. The lowest BCUT2D eigenvalue weighted by atomic mass is 9.96. The molecule has 0 bridgehead atoms. The average Bonchev–Trinajstić information content (AvgIpc) is 2.70. The minimum absolute atomic E-state index is 0.0308. The van der Waals surface area contributed by atoms with Crippen LogP contribution in [-0.2, 0) is 9.47 Å². The van der Waals surface area contributed by atoms with Gasteiger partial charge >= 0.3 is 6.09 Å². The smallest absolute Gasteiger partial charge is 0.410 e. The summed E-state index contributed by atoms with van der Waals surface area (Å²) >= 11 is 5.71. The summed E-state index contributed by atoms with van der Waals surface area (Å²) < 4.78 is 24.9. The van der Waals surface area contributed by atoms with Crippen molar-refractivity contribution in [3.05, 3.63) is 34.6 Å². The van der Waals surface area contributed by atoms with Gasteiger partial charge < -0.3 is 19.5 Å². The van der Waals surface area contributed by atoms with Crippen LogP contribution in [0.5, 0.6) is 0 Å². The van der Waals surface area contributed by atoms with Crippen LogP contribution in [0.4, 0.5) is 9.18 Å². The maximum atomic E-state index is 13.7. The molecule has 1 aromatic carbocycles. The molecular formula is C17H23ClFNO4. The van der Waals surface area contributed by atoms with Crippen LogP contribution in [0.15, 0.2) is 18.2 Å². The topological polar surface area (TPSA) is 59.0 Å². The van der Waals surface area contributed by atoms with E-state index in [1.807, 2.05) is 0 Å². The van der Waals surface area contributed by atoms with Gasteiger partial charge in [0.1, 0.15) is 11.4 Å². The largest absolute Gasteiger partial charge is 0.444 e. The van der Waals surface area contributed by atoms with Gasteiger partial charge in [-0.1, -0.05) is 17.7 Å². The van der Waals surface area contributed by atoms with Gasteiger partial charge in [-0.2, -0.15) is 0 Å². The Bertz CT molecular complexity index is 590. The summed E-state index contributed by atoms with van der Waals surface area (Å²) in [5, 5.41) is 9.76. The van der Waals surface area contributed by atoms with Gasteiger partial charge in [0.25, 0.3) is 0 Å². The van der Waals surface area contributed by atoms with Gasteiger partial charge in [-0.25, -0.2) is 9.18 Å². The lowest BCUT2D eigenvalue weighted by Gasteiger charge is -2.28. The number of amides is 1. The lowest BCUT2D eigenvalue weighted by molar-refractivity contribution is 0.0106. The number of hydrogen-bond donors (Lipinski definition) is 1. The van der Waals surface area contributed by atoms with Gasteiger partial charge in [0.15, 0.2) is 0 Å². The Hall–Kier alpha value is -1.37. The molecular weight excluding hydrogens is 337 g/mol. The number of carbonyl (C=O) groups excluding carboxylic acids is 1. The van der Waals surface area contributed by atoms with Crippen LogP contribution in [0.3, 0.4) is 0 Å². The highest BCUT2D eigenvalue weighted by Crippen LogP contribution is 2.31. The summed E-state index contributed by atoms with van der Waals surface area (Å²) in [6.07, 6.45) is -0.971. The normalized spacial score (nSPS) is 22.2. The predicted octanol–water partition coefficient (Wildman–Crippen LogP) is 3.40. The van der Waals surface area contributed by atoms with Crippen LogP contribution in [-0.4, -0.2) is 48.0 Å². The van der Waals surface area contributed by atoms with Gasteiger partial charge in [-0.15, -0.1) is 0 Å². The van der Waals surface area contributed by atoms with Crippen LogP contribution in [0.1, 0.15) is 32.4 Å². The molecule has 2 rings (SSSR count). The van der Waals surface area contributed by atoms with E-state index in [0.717, 1.165) is 0 Å². The van der Waals surface area contributed by atoms with E-state index < -0.39 is 23.6 Å². The van der Waals surface area contributed by atoms with Gasteiger partial charge in [-0.05, 0) is 38.5 Å². The molecule has 0 unspecified atom stereocenters. The molecule has 1 amide bonds. The summed E-state index contributed by atoms with van der Waals surface area (Å²) in [6, 6.07) is 4.43. The molecule has 24 heavy (non-hydrogen) atoms. The van der Waals surface area contributed by atoms with E-state index in [1.165, 1.54) is 17.0 Å². The SMILES string of the molecule is CC(C)(C)OC(=O)N1CCO[C@H](c2ccc(Cl)c(F)c2)[C@@H](CO)C1. The molecule has 1 aromatic rings. The fraction of sp³-hybridized carbons (Fsp3) is 0.588. The zero-order valence-electron chi connectivity index (χ0n) is 14.1. The first-order chi connectivity index (χ1) is 11.2. The Morgan fingerprint density at radius 1 is 1.50 bits per heavy atom. The molecule has 1 fully saturated rings. The van der Waals surface area contributed by atoms with Crippen molar-refractivity contribution in [1.29, 1.82) is 0 Å². The van der Waals surface area contributed by atoms with Crippen molar-refractivity contribution < 1.29 is 23.8 Å². The lowest BCUT2D eigenvalue weighted by Crippen LogP contribution is -2.40. The number of hydrogen-bond acceptors (Lipinski definition) is 4. The third-order valence-electron chi connectivity index (χ3n) is 3.70. The van der Waals surface area contributed by atoms with Crippen molar-refractivity contribution in [2.75, 3.05) is 26.3 Å². The Kier molecular flexibility index (Phi) is 6.06. The molecule has 1 aliphatic rings. The van der Waals surface area contributed by atoms with E-state index >= 15 is 0 Å². The van der Waals surface area contributed by atoms with Crippen LogP contribution >= 0.6 is 11.6 Å². The number of ether oxygens (including phenoxy) is 2. The number of carbonyl (C=O) groups is 1. The monoisotopic (exact) mass is 359 g/mol. The fourth-order valence-corrected chi connectivity index (χ4v) is 2.72. The Balaban J connectivity index is 2.16. The van der Waals surface area contributed by atoms with Crippen LogP contribution in [0.25, 0.3) is 0 Å². The number of aliphatic hydroxyl groups excluding tert-OH is 1. The van der Waals surface area contributed by atoms with Crippen molar-refractivity contribution in [2.45, 2.75) is 32.5 Å². The Morgan fingerprint density at radius 2 is 2.21 bits per heavy atom. The molecule has 0 saturated carbocycles. The Labute approximate surface area is 146 Å². The van der Waals surface area contributed by atoms with E-state index in [0.29, 0.717) is 12.1 Å². The fourth-order valence-electron chi connectivity index (χ4n) is 2.60. The second kappa shape index (κ2) is 7.68. The summed E-state index contributed by atoms with van der Waals surface area (Å²) in [6.45, 7) is 6.06. The van der Waals surface area contributed by atoms with E-state index in [1.54, 1.807) is 26.8 Å². The molecule has 1 aliphatic heterocycles. The van der Waals surface area contributed by atoms with Crippen LogP contribution in [0, 0.1) is 11.7 Å². The zero-order chi connectivity index (χ0) is 17.9. The van der Waals surface area contributed by atoms with Crippen molar-refractivity contribution in [3.8, 4) is 0 Å². The summed E-state index contributed by atoms with van der Waals surface area (Å²) in [4.78, 5) is 13.8. The van der Waals surface area contributed by atoms with Crippen molar-refractivity contribution in [1.82, 2.24) is 4.90 Å². The van der Waals surface area contributed by atoms with E-state index in [-0.39, 0.29) is 30.7 Å². The number of aliphatic hydroxyl groups is 1. The minimum atomic E-state index is -0.600. The second-order valence-corrected chi connectivity index (χ2v) is 7.24. The molecule has 7 heteroatoms. The van der Waals surface area contributed by atoms with Crippen LogP contribution in [0.2, 0.25) is 5.02 Å². The molecule has 0 radical (unpaired) electrons. The minimum Gasteiger partial charge on any atom is -0.444 e. The first-order valence-electron chi connectivity index (χ1n) is 7.86. The molecule has 0 aromatic heterocycles. The first-order valence-corrected chi connectivity index (χ1v) is 8.24. The summed E-state index contributed by atoms with van der Waals surface area (Å²) in [7, 11) is 0. The van der Waals surface area contributed by atoms with Gasteiger partial charge in [0.05, 0.1) is 24.3 Å². The first kappa shape index (κ1) is 19.0. The molecule has 134 valence electrons. The highest BCUT2D eigenvalue weighted by Gasteiger charge is 2.33. The molecule has 1 N–H and O–H groups in total. The molecule has 1 saturated heterocycles. The van der Waals surface area contributed by atoms with E-state index in [9.17, 15) is 14.3 Å². The Morgan fingerprint density at radius 3 is 2.79 bits per heavy atom.